The number of halogens is 1. The number of aliphatic hydroxyl groups excluding tert-OH is 1. The molecule has 8 nitrogen and oxygen atoms in total. The van der Waals surface area contributed by atoms with E-state index >= 15 is 0 Å². The normalized spacial score (nSPS) is 32.0. The van der Waals surface area contributed by atoms with E-state index in [4.69, 9.17) is 16.3 Å². The van der Waals surface area contributed by atoms with Crippen molar-refractivity contribution >= 4 is 35.0 Å². The summed E-state index contributed by atoms with van der Waals surface area (Å²) in [5, 5.41) is 11.2. The predicted molar refractivity (Wildman–Crippen MR) is 151 cm³/mol. The van der Waals surface area contributed by atoms with E-state index in [0.717, 1.165) is 5.56 Å². The highest BCUT2D eigenvalue weighted by atomic mass is 35.5. The second kappa shape index (κ2) is 9.87. The summed E-state index contributed by atoms with van der Waals surface area (Å²) in [4.78, 5) is 47.6. The monoisotopic (exact) mass is 561 g/mol. The average molecular weight is 562 g/mol. The van der Waals surface area contributed by atoms with E-state index in [1.807, 2.05) is 61.6 Å². The molecule has 9 heteroatoms. The lowest BCUT2D eigenvalue weighted by molar-refractivity contribution is -0.150. The van der Waals surface area contributed by atoms with Gasteiger partial charge in [-0.15, -0.1) is 0 Å². The Hall–Kier alpha value is -3.46. The summed E-state index contributed by atoms with van der Waals surface area (Å²) in [5.41, 5.74) is -0.923. The number of aliphatic hydroxyl groups is 1. The van der Waals surface area contributed by atoms with E-state index in [0.29, 0.717) is 23.7 Å². The van der Waals surface area contributed by atoms with E-state index in [2.05, 4.69) is 0 Å². The third-order valence-corrected chi connectivity index (χ3v) is 9.00. The minimum Gasteiger partial charge on any atom is -0.394 e. The highest BCUT2D eigenvalue weighted by molar-refractivity contribution is 6.30. The third-order valence-electron chi connectivity index (χ3n) is 8.75. The van der Waals surface area contributed by atoms with Gasteiger partial charge >= 0.3 is 0 Å². The van der Waals surface area contributed by atoms with Crippen LogP contribution in [0.5, 0.6) is 0 Å². The van der Waals surface area contributed by atoms with Gasteiger partial charge in [-0.3, -0.25) is 14.4 Å². The van der Waals surface area contributed by atoms with Gasteiger partial charge in [-0.2, -0.15) is 0 Å². The summed E-state index contributed by atoms with van der Waals surface area (Å²) in [6.07, 6.45) is 7.73. The van der Waals surface area contributed by atoms with Gasteiger partial charge < -0.3 is 24.5 Å². The van der Waals surface area contributed by atoms with Crippen molar-refractivity contribution in [3.05, 3.63) is 89.5 Å². The minimum atomic E-state index is -1.39. The maximum absolute atomic E-state index is 14.6. The summed E-state index contributed by atoms with van der Waals surface area (Å²) >= 11 is 6.12. The molecule has 2 aromatic rings. The van der Waals surface area contributed by atoms with Crippen LogP contribution < -0.4 is 4.90 Å². The number of benzene rings is 2. The molecule has 2 aromatic carbocycles. The molecule has 4 heterocycles. The van der Waals surface area contributed by atoms with Crippen LogP contribution in [-0.2, 0) is 25.5 Å². The standard InChI is InChI=1S/C31H32ClN3O5/c1-30-14-6-16-33(2)27(37)24(30)25-28(38)35(23(19-36)18-20-8-4-3-5-9-20)26-29(39)34(17-7-15-31(25,26)40-30)22-12-10-21(32)11-13-22/h3-15,23-26,36H,16-19H2,1-2H3/t23-,24-,25+,26?,30+,31+/m1/s1. The van der Waals surface area contributed by atoms with Crippen molar-refractivity contribution in [1.29, 1.82) is 0 Å². The summed E-state index contributed by atoms with van der Waals surface area (Å²) in [6, 6.07) is 14.7. The first kappa shape index (κ1) is 26.7. The van der Waals surface area contributed by atoms with Gasteiger partial charge in [-0.1, -0.05) is 66.2 Å². The zero-order valence-electron chi connectivity index (χ0n) is 22.4. The van der Waals surface area contributed by atoms with Crippen molar-refractivity contribution in [3.63, 3.8) is 0 Å². The highest BCUT2D eigenvalue weighted by Crippen LogP contribution is 2.58. The van der Waals surface area contributed by atoms with Gasteiger partial charge in [0.25, 0.3) is 5.91 Å². The van der Waals surface area contributed by atoms with E-state index in [9.17, 15) is 19.5 Å². The van der Waals surface area contributed by atoms with Gasteiger partial charge in [0, 0.05) is 30.8 Å². The third kappa shape index (κ3) is 4.00. The molecule has 0 saturated carbocycles. The molecule has 0 radical (unpaired) electrons. The van der Waals surface area contributed by atoms with Crippen molar-refractivity contribution in [2.75, 3.05) is 31.6 Å². The van der Waals surface area contributed by atoms with Gasteiger partial charge in [0.05, 0.1) is 30.1 Å². The van der Waals surface area contributed by atoms with Gasteiger partial charge in [0.2, 0.25) is 11.8 Å². The smallest absolute Gasteiger partial charge is 0.253 e. The summed E-state index contributed by atoms with van der Waals surface area (Å²) in [7, 11) is 1.71. The van der Waals surface area contributed by atoms with Crippen molar-refractivity contribution in [3.8, 4) is 0 Å². The van der Waals surface area contributed by atoms with E-state index in [1.54, 1.807) is 41.1 Å². The van der Waals surface area contributed by atoms with E-state index < -0.39 is 35.1 Å². The molecule has 0 aliphatic carbocycles. The first-order chi connectivity index (χ1) is 19.2. The second-order valence-corrected chi connectivity index (χ2v) is 11.7. The Morgan fingerprint density at radius 1 is 0.950 bits per heavy atom. The lowest BCUT2D eigenvalue weighted by Crippen LogP contribution is -2.59. The van der Waals surface area contributed by atoms with Crippen molar-refractivity contribution < 1.29 is 24.2 Å². The number of hydrogen-bond donors (Lipinski definition) is 1. The maximum atomic E-state index is 14.6. The summed E-state index contributed by atoms with van der Waals surface area (Å²) in [5.74, 6) is -2.66. The second-order valence-electron chi connectivity index (χ2n) is 11.2. The fraction of sp³-hybridized carbons (Fsp3) is 0.387. The molecule has 6 atom stereocenters. The molecule has 2 fully saturated rings. The zero-order chi connectivity index (χ0) is 28.2. The number of amides is 3. The molecule has 0 aromatic heterocycles. The van der Waals surface area contributed by atoms with Crippen LogP contribution in [0.15, 0.2) is 78.9 Å². The van der Waals surface area contributed by atoms with Crippen LogP contribution in [0.1, 0.15) is 12.5 Å². The van der Waals surface area contributed by atoms with Crippen LogP contribution in [0.2, 0.25) is 5.02 Å². The molecule has 40 heavy (non-hydrogen) atoms. The van der Waals surface area contributed by atoms with Crippen LogP contribution in [0.3, 0.4) is 0 Å². The number of rotatable bonds is 5. The van der Waals surface area contributed by atoms with Crippen LogP contribution in [0, 0.1) is 11.8 Å². The molecule has 4 aliphatic heterocycles. The number of fused-ring (bicyclic) bond motifs is 2. The van der Waals surface area contributed by atoms with Gasteiger partial charge in [-0.25, -0.2) is 0 Å². The number of ether oxygens (including phenoxy) is 1. The number of hydrogen-bond acceptors (Lipinski definition) is 5. The molecule has 3 amide bonds. The molecule has 1 unspecified atom stereocenters. The Labute approximate surface area is 238 Å². The summed E-state index contributed by atoms with van der Waals surface area (Å²) < 4.78 is 6.83. The Morgan fingerprint density at radius 2 is 1.65 bits per heavy atom. The first-order valence-corrected chi connectivity index (χ1v) is 13.9. The molecular weight excluding hydrogens is 530 g/mol. The molecule has 1 spiro atoms. The van der Waals surface area contributed by atoms with Crippen LogP contribution >= 0.6 is 11.6 Å². The molecule has 4 aliphatic rings. The number of anilines is 1. The van der Waals surface area contributed by atoms with Gasteiger partial charge in [-0.05, 0) is 43.2 Å². The van der Waals surface area contributed by atoms with Crippen molar-refractivity contribution in [1.82, 2.24) is 9.80 Å². The number of carbonyl (C=O) groups is 3. The average Bonchev–Trinajstić information content (AvgIpc) is 3.23. The minimum absolute atomic E-state index is 0.202. The fourth-order valence-electron chi connectivity index (χ4n) is 6.97. The zero-order valence-corrected chi connectivity index (χ0v) is 23.2. The number of nitrogens with zero attached hydrogens (tertiary/aromatic N) is 3. The Balaban J connectivity index is 1.50. The molecule has 208 valence electrons. The number of likely N-dealkylation sites (tertiary alicyclic amines) is 1. The fourth-order valence-corrected chi connectivity index (χ4v) is 7.09. The maximum Gasteiger partial charge on any atom is 0.253 e. The van der Waals surface area contributed by atoms with Crippen molar-refractivity contribution in [2.45, 2.75) is 36.6 Å². The van der Waals surface area contributed by atoms with Gasteiger partial charge in [0.15, 0.2) is 0 Å². The predicted octanol–water partition coefficient (Wildman–Crippen LogP) is 2.85. The SMILES string of the molecule is CN1CC=C[C@]2(C)O[C@]34C=CCN(c5ccc(Cl)cc5)C(=O)C3N([C@@H](CO)Cc3ccccc3)C(=O)[C@@H]4[C@@H]2C1=O. The molecule has 0 bridgehead atoms. The Morgan fingerprint density at radius 3 is 2.35 bits per heavy atom. The van der Waals surface area contributed by atoms with E-state index in [1.165, 1.54) is 4.90 Å². The van der Waals surface area contributed by atoms with Crippen LogP contribution in [-0.4, -0.2) is 82.7 Å². The van der Waals surface area contributed by atoms with Crippen LogP contribution in [0.25, 0.3) is 0 Å². The molecule has 6 rings (SSSR count). The van der Waals surface area contributed by atoms with Crippen LogP contribution in [0.4, 0.5) is 5.69 Å². The Kier molecular flexibility index (Phi) is 6.60. The van der Waals surface area contributed by atoms with E-state index in [-0.39, 0.29) is 30.9 Å². The van der Waals surface area contributed by atoms with Crippen molar-refractivity contribution in [2.24, 2.45) is 11.8 Å². The topological polar surface area (TPSA) is 90.4 Å². The first-order valence-electron chi connectivity index (χ1n) is 13.5. The highest BCUT2D eigenvalue weighted by Gasteiger charge is 2.75. The largest absolute Gasteiger partial charge is 0.394 e. The Bertz CT molecular complexity index is 1400. The number of carbonyl (C=O) groups excluding carboxylic acids is 3. The molecule has 1 N–H and O–H groups in total. The molecular formula is C31H32ClN3O5. The number of likely N-dealkylation sites (N-methyl/N-ethyl adjacent to an activating group) is 1. The lowest BCUT2D eigenvalue weighted by atomic mass is 9.74. The quantitative estimate of drug-likeness (QED) is 0.567. The van der Waals surface area contributed by atoms with Gasteiger partial charge in [0.1, 0.15) is 11.6 Å². The molecule has 2 saturated heterocycles. The lowest BCUT2D eigenvalue weighted by Gasteiger charge is -2.40. The summed E-state index contributed by atoms with van der Waals surface area (Å²) in [6.45, 7) is 2.13.